The van der Waals surface area contributed by atoms with Crippen LogP contribution in [0.2, 0.25) is 0 Å². The Hall–Kier alpha value is -2.39. The summed E-state index contributed by atoms with van der Waals surface area (Å²) in [4.78, 5) is 11.4. The fourth-order valence-corrected chi connectivity index (χ4v) is 4.79. The zero-order valence-corrected chi connectivity index (χ0v) is 15.5. The number of nitrogens with zero attached hydrogens (tertiary/aromatic N) is 2. The Bertz CT molecular complexity index is 915. The molecule has 0 unspecified atom stereocenters. The number of rotatable bonds is 5. The van der Waals surface area contributed by atoms with Crippen molar-refractivity contribution in [2.75, 3.05) is 20.2 Å². The fraction of sp³-hybridized carbons (Fsp3) is 0.412. The van der Waals surface area contributed by atoms with E-state index in [1.807, 2.05) is 6.92 Å². The van der Waals surface area contributed by atoms with Gasteiger partial charge in [0.1, 0.15) is 11.4 Å². The molecule has 3 N–H and O–H groups in total. The minimum atomic E-state index is -3.55. The van der Waals surface area contributed by atoms with E-state index in [1.165, 1.54) is 4.31 Å². The van der Waals surface area contributed by atoms with Crippen molar-refractivity contribution in [1.82, 2.24) is 14.5 Å². The molecule has 0 bridgehead atoms. The lowest BCUT2D eigenvalue weighted by Crippen LogP contribution is -2.38. The number of sulfonamides is 1. The largest absolute Gasteiger partial charge is 0.496 e. The Morgan fingerprint density at radius 2 is 2.00 bits per heavy atom. The average Bonchev–Trinajstić information content (AvgIpc) is 3.12. The van der Waals surface area contributed by atoms with Crippen LogP contribution in [0.15, 0.2) is 29.2 Å². The monoisotopic (exact) mass is 378 g/mol. The second kappa shape index (κ2) is 7.08. The smallest absolute Gasteiger partial charge is 0.269 e. The number of piperidine rings is 1. The van der Waals surface area contributed by atoms with Crippen molar-refractivity contribution in [2.45, 2.75) is 30.6 Å². The molecule has 0 spiro atoms. The number of hydrogen-bond donors (Lipinski definition) is 2. The van der Waals surface area contributed by atoms with Gasteiger partial charge in [-0.1, -0.05) is 0 Å². The van der Waals surface area contributed by atoms with Crippen molar-refractivity contribution in [1.29, 1.82) is 0 Å². The summed E-state index contributed by atoms with van der Waals surface area (Å²) in [6.45, 7) is 2.63. The number of aromatic amines is 1. The molecule has 1 aromatic heterocycles. The van der Waals surface area contributed by atoms with Crippen LogP contribution in [-0.4, -0.2) is 49.0 Å². The third-order valence-corrected chi connectivity index (χ3v) is 6.64. The van der Waals surface area contributed by atoms with Crippen molar-refractivity contribution in [2.24, 2.45) is 5.73 Å². The van der Waals surface area contributed by atoms with Gasteiger partial charge in [0.05, 0.1) is 12.0 Å². The number of carbonyl (C=O) groups is 1. The number of amides is 1. The van der Waals surface area contributed by atoms with E-state index in [0.717, 1.165) is 11.3 Å². The molecule has 3 rings (SSSR count). The first-order valence-corrected chi connectivity index (χ1v) is 9.77. The number of H-pyrrole nitrogens is 1. The first-order valence-electron chi connectivity index (χ1n) is 8.33. The van der Waals surface area contributed by atoms with Crippen LogP contribution >= 0.6 is 0 Å². The summed E-state index contributed by atoms with van der Waals surface area (Å²) < 4.78 is 32.4. The highest BCUT2D eigenvalue weighted by atomic mass is 32.2. The van der Waals surface area contributed by atoms with Crippen LogP contribution in [0.25, 0.3) is 0 Å². The summed E-state index contributed by atoms with van der Waals surface area (Å²) >= 11 is 0. The average molecular weight is 378 g/mol. The number of primary amides is 1. The van der Waals surface area contributed by atoms with E-state index >= 15 is 0 Å². The van der Waals surface area contributed by atoms with E-state index in [4.69, 9.17) is 10.5 Å². The van der Waals surface area contributed by atoms with Crippen molar-refractivity contribution >= 4 is 15.9 Å². The number of benzene rings is 1. The quantitative estimate of drug-likeness (QED) is 0.815. The maximum absolute atomic E-state index is 12.9. The lowest BCUT2D eigenvalue weighted by Gasteiger charge is -2.30. The summed E-state index contributed by atoms with van der Waals surface area (Å²) in [5.41, 5.74) is 7.01. The molecular formula is C17H22N4O4S. The maximum atomic E-state index is 12.9. The van der Waals surface area contributed by atoms with Crippen LogP contribution in [0.4, 0.5) is 0 Å². The van der Waals surface area contributed by atoms with Gasteiger partial charge < -0.3 is 10.5 Å². The highest BCUT2D eigenvalue weighted by Crippen LogP contribution is 2.31. The molecule has 1 aliphatic heterocycles. The van der Waals surface area contributed by atoms with Gasteiger partial charge in [-0.15, -0.1) is 0 Å². The lowest BCUT2D eigenvalue weighted by molar-refractivity contribution is 0.0995. The van der Waals surface area contributed by atoms with Crippen molar-refractivity contribution in [3.63, 3.8) is 0 Å². The molecule has 1 saturated heterocycles. The Balaban J connectivity index is 1.72. The van der Waals surface area contributed by atoms with E-state index < -0.39 is 15.9 Å². The number of aromatic nitrogens is 2. The van der Waals surface area contributed by atoms with Gasteiger partial charge in [-0.05, 0) is 49.6 Å². The lowest BCUT2D eigenvalue weighted by atomic mass is 9.94. The number of carbonyl (C=O) groups excluding carboxylic acids is 1. The molecule has 9 heteroatoms. The number of nitrogens with two attached hydrogens (primary N) is 1. The van der Waals surface area contributed by atoms with Crippen LogP contribution < -0.4 is 10.5 Å². The maximum Gasteiger partial charge on any atom is 0.269 e. The SMILES string of the molecule is COc1ccc(S(=O)(=O)N2CCC(c3cc(C(N)=O)n[nH]3)CC2)cc1C. The highest BCUT2D eigenvalue weighted by Gasteiger charge is 2.31. The van der Waals surface area contributed by atoms with E-state index in [1.54, 1.807) is 31.4 Å². The first-order chi connectivity index (χ1) is 12.3. The summed E-state index contributed by atoms with van der Waals surface area (Å²) in [6, 6.07) is 6.52. The second-order valence-electron chi connectivity index (χ2n) is 6.38. The van der Waals surface area contributed by atoms with Gasteiger partial charge >= 0.3 is 0 Å². The van der Waals surface area contributed by atoms with Gasteiger partial charge in [0.25, 0.3) is 5.91 Å². The number of methoxy groups -OCH3 is 1. The molecule has 26 heavy (non-hydrogen) atoms. The van der Waals surface area contributed by atoms with Gasteiger partial charge in [-0.25, -0.2) is 8.42 Å². The normalized spacial score (nSPS) is 16.5. The fourth-order valence-electron chi connectivity index (χ4n) is 3.24. The summed E-state index contributed by atoms with van der Waals surface area (Å²) in [6.07, 6.45) is 1.30. The van der Waals surface area contributed by atoms with Gasteiger partial charge in [-0.3, -0.25) is 9.89 Å². The molecule has 8 nitrogen and oxygen atoms in total. The molecule has 2 heterocycles. The molecule has 1 fully saturated rings. The third kappa shape index (κ3) is 3.45. The predicted octanol–water partition coefficient (Wildman–Crippen LogP) is 1.39. The van der Waals surface area contributed by atoms with E-state index in [0.29, 0.717) is 31.7 Å². The number of aryl methyl sites for hydroxylation is 1. The minimum absolute atomic E-state index is 0.125. The van der Waals surface area contributed by atoms with Crippen molar-refractivity contribution in [3.8, 4) is 5.75 Å². The molecule has 0 radical (unpaired) electrons. The molecule has 140 valence electrons. The highest BCUT2D eigenvalue weighted by molar-refractivity contribution is 7.89. The molecule has 1 aromatic carbocycles. The van der Waals surface area contributed by atoms with E-state index in [-0.39, 0.29) is 16.5 Å². The van der Waals surface area contributed by atoms with Gasteiger partial charge in [-0.2, -0.15) is 9.40 Å². The number of hydrogen-bond acceptors (Lipinski definition) is 5. The topological polar surface area (TPSA) is 118 Å². The molecule has 2 aromatic rings. The van der Waals surface area contributed by atoms with Gasteiger partial charge in [0, 0.05) is 24.7 Å². The van der Waals surface area contributed by atoms with Crippen LogP contribution in [0, 0.1) is 6.92 Å². The van der Waals surface area contributed by atoms with Crippen LogP contribution in [-0.2, 0) is 10.0 Å². The summed E-state index contributed by atoms with van der Waals surface area (Å²) in [5, 5.41) is 6.72. The molecule has 1 aliphatic rings. The van der Waals surface area contributed by atoms with E-state index in [2.05, 4.69) is 10.2 Å². The Morgan fingerprint density at radius 1 is 1.31 bits per heavy atom. The van der Waals surface area contributed by atoms with Gasteiger partial charge in [0.15, 0.2) is 0 Å². The Labute approximate surface area is 152 Å². The summed E-state index contributed by atoms with van der Waals surface area (Å²) in [5.74, 6) is 0.203. The Morgan fingerprint density at radius 3 is 2.54 bits per heavy atom. The molecule has 0 atom stereocenters. The number of nitrogens with one attached hydrogen (secondary N) is 1. The third-order valence-electron chi connectivity index (χ3n) is 4.75. The van der Waals surface area contributed by atoms with Crippen LogP contribution in [0.3, 0.4) is 0 Å². The predicted molar refractivity (Wildman–Crippen MR) is 95.6 cm³/mol. The summed E-state index contributed by atoms with van der Waals surface area (Å²) in [7, 11) is -1.99. The second-order valence-corrected chi connectivity index (χ2v) is 8.32. The zero-order valence-electron chi connectivity index (χ0n) is 14.7. The van der Waals surface area contributed by atoms with Crippen molar-refractivity contribution in [3.05, 3.63) is 41.2 Å². The van der Waals surface area contributed by atoms with Gasteiger partial charge in [0.2, 0.25) is 10.0 Å². The van der Waals surface area contributed by atoms with Crippen LogP contribution in [0.5, 0.6) is 5.75 Å². The van der Waals surface area contributed by atoms with Crippen LogP contribution in [0.1, 0.15) is 40.5 Å². The first kappa shape index (κ1) is 18.4. The standard InChI is InChI=1S/C17H22N4O4S/c1-11-9-13(3-4-16(11)25-2)26(23,24)21-7-5-12(6-8-21)14-10-15(17(18)22)20-19-14/h3-4,9-10,12H,5-8H2,1-2H3,(H2,18,22)(H,19,20). The van der Waals surface area contributed by atoms with Crippen molar-refractivity contribution < 1.29 is 17.9 Å². The molecule has 0 aliphatic carbocycles. The minimum Gasteiger partial charge on any atom is -0.496 e. The molecule has 0 saturated carbocycles. The van der Waals surface area contributed by atoms with E-state index in [9.17, 15) is 13.2 Å². The molecular weight excluding hydrogens is 356 g/mol. The number of ether oxygens (including phenoxy) is 1. The zero-order chi connectivity index (χ0) is 18.9. The molecule has 1 amide bonds. The Kier molecular flexibility index (Phi) is 5.01.